The first kappa shape index (κ1) is 13.3. The smallest absolute Gasteiger partial charge is 0.399 e. The van der Waals surface area contributed by atoms with E-state index in [0.29, 0.717) is 11.8 Å². The van der Waals surface area contributed by atoms with E-state index in [1.165, 1.54) is 18.6 Å². The van der Waals surface area contributed by atoms with Gasteiger partial charge in [0.25, 0.3) is 0 Å². The minimum absolute atomic E-state index is 0.0254. The number of carbonyl (C=O) groups excluding carboxylic acids is 1. The molecule has 108 valence electrons. The zero-order valence-corrected chi connectivity index (χ0v) is 10.7. The van der Waals surface area contributed by atoms with Crippen LogP contribution in [-0.2, 0) is 11.0 Å². The van der Waals surface area contributed by atoms with Crippen molar-refractivity contribution in [3.8, 4) is 0 Å². The van der Waals surface area contributed by atoms with Crippen molar-refractivity contribution < 1.29 is 18.0 Å². The normalized spacial score (nSPS) is 28.1. The first-order valence-corrected chi connectivity index (χ1v) is 6.62. The van der Waals surface area contributed by atoms with Crippen molar-refractivity contribution in [2.24, 2.45) is 17.8 Å². The molecule has 2 unspecified atom stereocenters. The number of hydrogen-bond acceptors (Lipinski definition) is 2. The van der Waals surface area contributed by atoms with Crippen LogP contribution in [0, 0.1) is 17.8 Å². The minimum atomic E-state index is -4.53. The number of amides is 1. The number of nitrogens with two attached hydrogens (primary N) is 1. The molecule has 0 saturated heterocycles. The van der Waals surface area contributed by atoms with Crippen LogP contribution in [0.4, 0.5) is 24.5 Å². The molecule has 1 aromatic rings. The van der Waals surface area contributed by atoms with E-state index in [1.807, 2.05) is 0 Å². The summed E-state index contributed by atoms with van der Waals surface area (Å²) in [5.74, 6) is 0.753. The molecule has 2 aliphatic rings. The number of halogens is 3. The van der Waals surface area contributed by atoms with Crippen LogP contribution in [0.3, 0.4) is 0 Å². The number of hydrogen-bond donors (Lipinski definition) is 2. The van der Waals surface area contributed by atoms with E-state index in [2.05, 4.69) is 5.32 Å². The van der Waals surface area contributed by atoms with Crippen molar-refractivity contribution in [1.29, 1.82) is 0 Å². The van der Waals surface area contributed by atoms with Gasteiger partial charge in [-0.25, -0.2) is 0 Å². The molecule has 2 aliphatic carbocycles. The summed E-state index contributed by atoms with van der Waals surface area (Å²) >= 11 is 0. The zero-order chi connectivity index (χ0) is 14.5. The molecule has 2 saturated carbocycles. The number of anilines is 2. The lowest BCUT2D eigenvalue weighted by Gasteiger charge is -2.17. The Balaban J connectivity index is 1.78. The second-order valence-electron chi connectivity index (χ2n) is 5.72. The van der Waals surface area contributed by atoms with Gasteiger partial charge in [-0.15, -0.1) is 0 Å². The molecule has 6 heteroatoms. The van der Waals surface area contributed by atoms with Crippen LogP contribution in [0.1, 0.15) is 24.8 Å². The lowest BCUT2D eigenvalue weighted by Crippen LogP contribution is -2.23. The van der Waals surface area contributed by atoms with E-state index in [4.69, 9.17) is 5.73 Å². The van der Waals surface area contributed by atoms with Crippen LogP contribution in [0.5, 0.6) is 0 Å². The predicted octanol–water partition coefficient (Wildman–Crippen LogP) is 3.27. The fourth-order valence-electron chi connectivity index (χ4n) is 3.07. The predicted molar refractivity (Wildman–Crippen MR) is 68.8 cm³/mol. The maximum Gasteiger partial charge on any atom is 0.418 e. The second kappa shape index (κ2) is 4.40. The van der Waals surface area contributed by atoms with Crippen molar-refractivity contribution in [2.75, 3.05) is 11.1 Å². The summed E-state index contributed by atoms with van der Waals surface area (Å²) in [7, 11) is 0. The molecule has 3 nitrogen and oxygen atoms in total. The highest BCUT2D eigenvalue weighted by Crippen LogP contribution is 2.54. The van der Waals surface area contributed by atoms with E-state index in [9.17, 15) is 18.0 Å². The quantitative estimate of drug-likeness (QED) is 0.819. The maximum atomic E-state index is 12.9. The minimum Gasteiger partial charge on any atom is -0.399 e. The third kappa shape index (κ3) is 2.46. The lowest BCUT2D eigenvalue weighted by atomic mass is 10.0. The number of nitrogens with one attached hydrogen (secondary N) is 1. The van der Waals surface area contributed by atoms with Gasteiger partial charge in [0.1, 0.15) is 0 Å². The largest absolute Gasteiger partial charge is 0.418 e. The highest BCUT2D eigenvalue weighted by molar-refractivity contribution is 5.94. The van der Waals surface area contributed by atoms with E-state index >= 15 is 0 Å². The van der Waals surface area contributed by atoms with Crippen molar-refractivity contribution in [3.05, 3.63) is 23.8 Å². The van der Waals surface area contributed by atoms with Gasteiger partial charge in [0.15, 0.2) is 0 Å². The Morgan fingerprint density at radius 2 is 1.85 bits per heavy atom. The molecule has 20 heavy (non-hydrogen) atoms. The van der Waals surface area contributed by atoms with Crippen LogP contribution < -0.4 is 11.1 Å². The number of benzene rings is 1. The van der Waals surface area contributed by atoms with E-state index in [1.54, 1.807) is 0 Å². The third-order valence-corrected chi connectivity index (χ3v) is 4.22. The molecule has 0 spiro atoms. The summed E-state index contributed by atoms with van der Waals surface area (Å²) in [6.07, 6.45) is -1.77. The molecule has 2 fully saturated rings. The highest BCUT2D eigenvalue weighted by Gasteiger charge is 2.48. The Morgan fingerprint density at radius 1 is 1.20 bits per heavy atom. The third-order valence-electron chi connectivity index (χ3n) is 4.22. The fraction of sp³-hybridized carbons (Fsp3) is 0.500. The zero-order valence-electron chi connectivity index (χ0n) is 10.7. The topological polar surface area (TPSA) is 55.1 Å². The Labute approximate surface area is 114 Å². The van der Waals surface area contributed by atoms with Crippen molar-refractivity contribution >= 4 is 17.3 Å². The molecular formula is C14H15F3N2O. The molecule has 1 aromatic carbocycles. The SMILES string of the molecule is Nc1ccc(NC(=O)C2CC3CC3C2)c(C(F)(F)F)c1. The van der Waals surface area contributed by atoms with Crippen LogP contribution in [0.25, 0.3) is 0 Å². The molecule has 0 heterocycles. The summed E-state index contributed by atoms with van der Waals surface area (Å²) < 4.78 is 38.8. The van der Waals surface area contributed by atoms with Crippen LogP contribution in [0.2, 0.25) is 0 Å². The summed E-state index contributed by atoms with van der Waals surface area (Å²) in [5.41, 5.74) is 4.31. The molecule has 0 aliphatic heterocycles. The Kier molecular flexibility index (Phi) is 2.92. The van der Waals surface area contributed by atoms with Gasteiger partial charge in [0.05, 0.1) is 11.3 Å². The number of carbonyl (C=O) groups is 1. The van der Waals surface area contributed by atoms with E-state index in [-0.39, 0.29) is 23.2 Å². The average Bonchev–Trinajstić information content (AvgIpc) is 2.97. The monoisotopic (exact) mass is 284 g/mol. The number of nitrogen functional groups attached to an aromatic ring is 1. The fourth-order valence-corrected chi connectivity index (χ4v) is 3.07. The average molecular weight is 284 g/mol. The van der Waals surface area contributed by atoms with Crippen LogP contribution >= 0.6 is 0 Å². The summed E-state index contributed by atoms with van der Waals surface area (Å²) in [6.45, 7) is 0. The molecule has 3 rings (SSSR count). The number of alkyl halides is 3. The van der Waals surface area contributed by atoms with Crippen molar-refractivity contribution in [2.45, 2.75) is 25.4 Å². The Hall–Kier alpha value is -1.72. The molecular weight excluding hydrogens is 269 g/mol. The van der Waals surface area contributed by atoms with Crippen LogP contribution in [-0.4, -0.2) is 5.91 Å². The van der Waals surface area contributed by atoms with E-state index < -0.39 is 11.7 Å². The Morgan fingerprint density at radius 3 is 2.45 bits per heavy atom. The van der Waals surface area contributed by atoms with Gasteiger partial charge in [0.2, 0.25) is 5.91 Å². The van der Waals surface area contributed by atoms with E-state index in [0.717, 1.165) is 18.9 Å². The molecule has 0 radical (unpaired) electrons. The molecule has 0 bridgehead atoms. The number of fused-ring (bicyclic) bond motifs is 1. The van der Waals surface area contributed by atoms with Crippen molar-refractivity contribution in [1.82, 2.24) is 0 Å². The molecule has 3 N–H and O–H groups in total. The summed E-state index contributed by atoms with van der Waals surface area (Å²) in [6, 6.07) is 3.42. The summed E-state index contributed by atoms with van der Waals surface area (Å²) in [5, 5.41) is 2.41. The van der Waals surface area contributed by atoms with Gasteiger partial charge in [-0.2, -0.15) is 13.2 Å². The second-order valence-corrected chi connectivity index (χ2v) is 5.72. The van der Waals surface area contributed by atoms with Gasteiger partial charge in [0, 0.05) is 11.6 Å². The van der Waals surface area contributed by atoms with Crippen LogP contribution in [0.15, 0.2) is 18.2 Å². The van der Waals surface area contributed by atoms with Gasteiger partial charge in [-0.3, -0.25) is 4.79 Å². The maximum absolute atomic E-state index is 12.9. The molecule has 0 aromatic heterocycles. The van der Waals surface area contributed by atoms with Gasteiger partial charge >= 0.3 is 6.18 Å². The summed E-state index contributed by atoms with van der Waals surface area (Å²) in [4.78, 5) is 12.0. The lowest BCUT2D eigenvalue weighted by molar-refractivity contribution is -0.137. The highest BCUT2D eigenvalue weighted by atomic mass is 19.4. The van der Waals surface area contributed by atoms with Gasteiger partial charge in [-0.1, -0.05) is 0 Å². The standard InChI is InChI=1S/C14H15F3N2O/c15-14(16,17)11-6-10(18)1-2-12(11)19-13(20)9-4-7-3-8(7)5-9/h1-2,6-9H,3-5,18H2,(H,19,20). The van der Waals surface area contributed by atoms with Crippen molar-refractivity contribution in [3.63, 3.8) is 0 Å². The molecule has 1 amide bonds. The van der Waals surface area contributed by atoms with Gasteiger partial charge in [-0.05, 0) is 49.3 Å². The van der Waals surface area contributed by atoms with Gasteiger partial charge < -0.3 is 11.1 Å². The Bertz CT molecular complexity index is 546. The number of rotatable bonds is 2. The first-order valence-electron chi connectivity index (χ1n) is 6.62. The molecule has 2 atom stereocenters. The first-order chi connectivity index (χ1) is 9.34.